The van der Waals surface area contributed by atoms with E-state index in [4.69, 9.17) is 0 Å². The Kier molecular flexibility index (Phi) is 4.04. The van der Waals surface area contributed by atoms with Gasteiger partial charge in [-0.1, -0.05) is 17.7 Å². The molecule has 2 aromatic rings. The Morgan fingerprint density at radius 3 is 2.79 bits per heavy atom. The van der Waals surface area contributed by atoms with Crippen LogP contribution < -0.4 is 5.32 Å². The van der Waals surface area contributed by atoms with Crippen molar-refractivity contribution in [1.82, 2.24) is 9.78 Å². The number of hydrogen-bond acceptors (Lipinski definition) is 2. The van der Waals surface area contributed by atoms with Gasteiger partial charge < -0.3 is 5.32 Å². The molecule has 0 aliphatic rings. The number of aryl methyl sites for hydroxylation is 3. The fraction of sp³-hybridized carbons (Fsp3) is 0.286. The highest BCUT2D eigenvalue weighted by molar-refractivity contribution is 9.10. The maximum atomic E-state index is 12.3. The number of halogens is 1. The molecular weight excluding hydrogens is 306 g/mol. The van der Waals surface area contributed by atoms with E-state index in [9.17, 15) is 4.79 Å². The van der Waals surface area contributed by atoms with Gasteiger partial charge in [-0.25, -0.2) is 0 Å². The summed E-state index contributed by atoms with van der Waals surface area (Å²) < 4.78 is 2.37. The second-order valence-corrected chi connectivity index (χ2v) is 5.28. The molecule has 1 aromatic carbocycles. The number of nitrogens with zero attached hydrogens (tertiary/aromatic N) is 2. The molecule has 0 atom stereocenters. The first kappa shape index (κ1) is 13.8. The predicted octanol–water partition coefficient (Wildman–Crippen LogP) is 3.53. The Labute approximate surface area is 120 Å². The summed E-state index contributed by atoms with van der Waals surface area (Å²) in [7, 11) is 0. The monoisotopic (exact) mass is 321 g/mol. The molecule has 0 bridgehead atoms. The second kappa shape index (κ2) is 5.57. The van der Waals surface area contributed by atoms with Gasteiger partial charge in [-0.05, 0) is 48.3 Å². The van der Waals surface area contributed by atoms with E-state index in [0.717, 1.165) is 11.3 Å². The molecule has 100 valence electrons. The maximum absolute atomic E-state index is 12.3. The largest absolute Gasteiger partial charge is 0.320 e. The standard InChI is InChI=1S/C14H16BrN3O/c1-4-18-13(11(15)8-16-18)14(19)17-12-6-5-9(2)7-10(12)3/h5-8H,4H2,1-3H3,(H,17,19). The van der Waals surface area contributed by atoms with Gasteiger partial charge in [0.05, 0.1) is 10.7 Å². The smallest absolute Gasteiger partial charge is 0.275 e. The number of carbonyl (C=O) groups is 1. The number of amides is 1. The summed E-state index contributed by atoms with van der Waals surface area (Å²) >= 11 is 3.36. The van der Waals surface area contributed by atoms with Crippen molar-refractivity contribution in [3.8, 4) is 0 Å². The lowest BCUT2D eigenvalue weighted by atomic mass is 10.1. The molecule has 2 rings (SSSR count). The molecule has 0 radical (unpaired) electrons. The zero-order valence-corrected chi connectivity index (χ0v) is 12.8. The lowest BCUT2D eigenvalue weighted by Gasteiger charge is -2.10. The Balaban J connectivity index is 2.28. The minimum absolute atomic E-state index is 0.154. The van der Waals surface area contributed by atoms with Gasteiger partial charge in [0.15, 0.2) is 0 Å². The number of rotatable bonds is 3. The Bertz CT molecular complexity index is 619. The minimum atomic E-state index is -0.154. The third kappa shape index (κ3) is 2.87. The van der Waals surface area contributed by atoms with Gasteiger partial charge >= 0.3 is 0 Å². The van der Waals surface area contributed by atoms with Crippen LogP contribution >= 0.6 is 15.9 Å². The van der Waals surface area contributed by atoms with Crippen molar-refractivity contribution in [2.75, 3.05) is 5.32 Å². The van der Waals surface area contributed by atoms with Gasteiger partial charge in [-0.15, -0.1) is 0 Å². The van der Waals surface area contributed by atoms with Crippen molar-refractivity contribution in [3.05, 3.63) is 45.7 Å². The summed E-state index contributed by atoms with van der Waals surface area (Å²) in [5, 5.41) is 7.07. The molecule has 0 spiro atoms. The number of hydrogen-bond donors (Lipinski definition) is 1. The number of carbonyl (C=O) groups excluding carboxylic acids is 1. The zero-order valence-electron chi connectivity index (χ0n) is 11.2. The summed E-state index contributed by atoms with van der Waals surface area (Å²) in [6.45, 7) is 6.62. The van der Waals surface area contributed by atoms with E-state index < -0.39 is 0 Å². The number of nitrogens with one attached hydrogen (secondary N) is 1. The van der Waals surface area contributed by atoms with E-state index in [-0.39, 0.29) is 5.91 Å². The van der Waals surface area contributed by atoms with Crippen LogP contribution in [-0.4, -0.2) is 15.7 Å². The highest BCUT2D eigenvalue weighted by Gasteiger charge is 2.17. The zero-order chi connectivity index (χ0) is 14.0. The molecule has 1 amide bonds. The third-order valence-corrected chi connectivity index (χ3v) is 3.52. The quantitative estimate of drug-likeness (QED) is 0.939. The van der Waals surface area contributed by atoms with Gasteiger partial charge in [0.2, 0.25) is 0 Å². The normalized spacial score (nSPS) is 10.5. The molecule has 0 fully saturated rings. The van der Waals surface area contributed by atoms with Crippen LogP contribution in [0, 0.1) is 13.8 Å². The number of benzene rings is 1. The lowest BCUT2D eigenvalue weighted by Crippen LogP contribution is -2.18. The van der Waals surface area contributed by atoms with Crippen LogP contribution in [0.1, 0.15) is 28.5 Å². The van der Waals surface area contributed by atoms with E-state index in [2.05, 4.69) is 26.3 Å². The van der Waals surface area contributed by atoms with Crippen LogP contribution in [0.5, 0.6) is 0 Å². The first-order chi connectivity index (χ1) is 9.02. The molecule has 0 unspecified atom stereocenters. The fourth-order valence-electron chi connectivity index (χ4n) is 1.96. The topological polar surface area (TPSA) is 46.9 Å². The van der Waals surface area contributed by atoms with Crippen LogP contribution in [0.15, 0.2) is 28.9 Å². The average molecular weight is 322 g/mol. The Hall–Kier alpha value is -1.62. The van der Waals surface area contributed by atoms with Gasteiger partial charge in [-0.2, -0.15) is 5.10 Å². The fourth-order valence-corrected chi connectivity index (χ4v) is 2.44. The summed E-state index contributed by atoms with van der Waals surface area (Å²) in [5.41, 5.74) is 3.59. The number of aromatic nitrogens is 2. The molecule has 0 aliphatic carbocycles. The van der Waals surface area contributed by atoms with Crippen molar-refractivity contribution in [2.45, 2.75) is 27.3 Å². The van der Waals surface area contributed by atoms with Crippen LogP contribution in [0.3, 0.4) is 0 Å². The Morgan fingerprint density at radius 1 is 1.42 bits per heavy atom. The van der Waals surface area contributed by atoms with Crippen LogP contribution in [0.25, 0.3) is 0 Å². The van der Waals surface area contributed by atoms with E-state index in [1.54, 1.807) is 10.9 Å². The third-order valence-electron chi connectivity index (χ3n) is 2.94. The maximum Gasteiger partial charge on any atom is 0.275 e. The molecule has 1 aromatic heterocycles. The van der Waals surface area contributed by atoms with Gasteiger partial charge in [0.1, 0.15) is 5.69 Å². The molecule has 0 aliphatic heterocycles. The summed E-state index contributed by atoms with van der Waals surface area (Å²) in [5.74, 6) is -0.154. The van der Waals surface area contributed by atoms with Crippen molar-refractivity contribution >= 4 is 27.5 Å². The van der Waals surface area contributed by atoms with Crippen LogP contribution in [0.4, 0.5) is 5.69 Å². The van der Waals surface area contributed by atoms with Crippen molar-refractivity contribution < 1.29 is 4.79 Å². The van der Waals surface area contributed by atoms with E-state index in [1.807, 2.05) is 39.0 Å². The molecule has 19 heavy (non-hydrogen) atoms. The van der Waals surface area contributed by atoms with Gasteiger partial charge in [0, 0.05) is 12.2 Å². The van der Waals surface area contributed by atoms with E-state index in [0.29, 0.717) is 16.7 Å². The van der Waals surface area contributed by atoms with Crippen LogP contribution in [0.2, 0.25) is 0 Å². The first-order valence-corrected chi connectivity index (χ1v) is 6.92. The Morgan fingerprint density at radius 2 is 2.16 bits per heavy atom. The van der Waals surface area contributed by atoms with Crippen molar-refractivity contribution in [2.24, 2.45) is 0 Å². The average Bonchev–Trinajstić information content (AvgIpc) is 2.74. The summed E-state index contributed by atoms with van der Waals surface area (Å²) in [6.07, 6.45) is 1.64. The van der Waals surface area contributed by atoms with E-state index in [1.165, 1.54) is 5.56 Å². The van der Waals surface area contributed by atoms with E-state index >= 15 is 0 Å². The van der Waals surface area contributed by atoms with Crippen molar-refractivity contribution in [3.63, 3.8) is 0 Å². The molecular formula is C14H16BrN3O. The summed E-state index contributed by atoms with van der Waals surface area (Å²) in [6, 6.07) is 5.94. The number of anilines is 1. The van der Waals surface area contributed by atoms with Gasteiger partial charge in [0.25, 0.3) is 5.91 Å². The van der Waals surface area contributed by atoms with Gasteiger partial charge in [-0.3, -0.25) is 9.48 Å². The molecule has 4 nitrogen and oxygen atoms in total. The SMILES string of the molecule is CCn1ncc(Br)c1C(=O)Nc1ccc(C)cc1C. The highest BCUT2D eigenvalue weighted by Crippen LogP contribution is 2.20. The van der Waals surface area contributed by atoms with Crippen LogP contribution in [-0.2, 0) is 6.54 Å². The second-order valence-electron chi connectivity index (χ2n) is 4.43. The predicted molar refractivity (Wildman–Crippen MR) is 79.5 cm³/mol. The highest BCUT2D eigenvalue weighted by atomic mass is 79.9. The summed E-state index contributed by atoms with van der Waals surface area (Å²) in [4.78, 5) is 12.3. The first-order valence-electron chi connectivity index (χ1n) is 6.12. The molecule has 0 saturated heterocycles. The van der Waals surface area contributed by atoms with Crippen molar-refractivity contribution in [1.29, 1.82) is 0 Å². The lowest BCUT2D eigenvalue weighted by molar-refractivity contribution is 0.101. The molecule has 1 N–H and O–H groups in total. The molecule has 0 saturated carbocycles. The molecule has 1 heterocycles. The minimum Gasteiger partial charge on any atom is -0.320 e. The molecule has 5 heteroatoms.